The van der Waals surface area contributed by atoms with Crippen LogP contribution in [0.2, 0.25) is 5.15 Å². The minimum absolute atomic E-state index is 0.0539. The van der Waals surface area contributed by atoms with E-state index in [0.717, 1.165) is 44.6 Å². The molecule has 170 valence electrons. The molecule has 5 rings (SSSR count). The third kappa shape index (κ3) is 3.92. The molecule has 0 spiro atoms. The number of nitrogens with one attached hydrogen (secondary N) is 1. The van der Waals surface area contributed by atoms with Crippen LogP contribution in [0.4, 0.5) is 11.5 Å². The lowest BCUT2D eigenvalue weighted by molar-refractivity contribution is -0.384. The lowest BCUT2D eigenvalue weighted by atomic mass is 9.99. The van der Waals surface area contributed by atoms with Crippen molar-refractivity contribution in [2.24, 2.45) is 0 Å². The van der Waals surface area contributed by atoms with Crippen LogP contribution >= 0.6 is 11.6 Å². The zero-order chi connectivity index (χ0) is 23.8. The highest BCUT2D eigenvalue weighted by molar-refractivity contribution is 6.29. The first-order valence-electron chi connectivity index (χ1n) is 10.8. The van der Waals surface area contributed by atoms with E-state index in [9.17, 15) is 10.1 Å². The Kier molecular flexibility index (Phi) is 5.59. The minimum atomic E-state index is -0.391. The quantitative estimate of drug-likeness (QED) is 0.178. The normalized spacial score (nSPS) is 11.4. The van der Waals surface area contributed by atoms with Crippen LogP contribution in [0.3, 0.4) is 0 Å². The summed E-state index contributed by atoms with van der Waals surface area (Å²) in [6, 6.07) is 16.3. The van der Waals surface area contributed by atoms with E-state index in [0.29, 0.717) is 11.7 Å². The standard InChI is InChI=1S/C25H21ClN6O2/c1-15(2)21-14-29-31-23(12-22(26)30-25(21)31)28-13-17-5-3-4-6-19(17)24-20-8-7-18(32(33)34)11-16(20)9-10-27-24/h3-12,14-15,28H,13H2,1-2H3. The van der Waals surface area contributed by atoms with Gasteiger partial charge < -0.3 is 5.32 Å². The molecular formula is C25H21ClN6O2. The summed E-state index contributed by atoms with van der Waals surface area (Å²) in [6.07, 6.45) is 3.50. The Bertz CT molecular complexity index is 1550. The maximum absolute atomic E-state index is 11.2. The van der Waals surface area contributed by atoms with Gasteiger partial charge in [-0.05, 0) is 29.0 Å². The smallest absolute Gasteiger partial charge is 0.270 e. The molecule has 0 unspecified atom stereocenters. The summed E-state index contributed by atoms with van der Waals surface area (Å²) in [5.74, 6) is 1.00. The van der Waals surface area contributed by atoms with Gasteiger partial charge in [-0.25, -0.2) is 4.98 Å². The molecule has 0 aliphatic heterocycles. The molecule has 1 N–H and O–H groups in total. The van der Waals surface area contributed by atoms with Crippen LogP contribution in [0, 0.1) is 10.1 Å². The van der Waals surface area contributed by atoms with Crippen molar-refractivity contribution in [2.45, 2.75) is 26.3 Å². The average molecular weight is 473 g/mol. The van der Waals surface area contributed by atoms with Crippen LogP contribution in [0.1, 0.15) is 30.9 Å². The van der Waals surface area contributed by atoms with Gasteiger partial charge in [0.15, 0.2) is 5.65 Å². The Morgan fingerprint density at radius 2 is 1.97 bits per heavy atom. The summed E-state index contributed by atoms with van der Waals surface area (Å²) in [7, 11) is 0. The number of hydrogen-bond donors (Lipinski definition) is 1. The number of anilines is 1. The second kappa shape index (κ2) is 8.72. The van der Waals surface area contributed by atoms with Gasteiger partial charge in [0.2, 0.25) is 0 Å². The zero-order valence-electron chi connectivity index (χ0n) is 18.6. The molecule has 5 aromatic rings. The molecule has 0 atom stereocenters. The van der Waals surface area contributed by atoms with Crippen LogP contribution < -0.4 is 5.32 Å². The molecule has 0 aliphatic carbocycles. The summed E-state index contributed by atoms with van der Waals surface area (Å²) in [5, 5.41) is 21.1. The van der Waals surface area contributed by atoms with Crippen LogP contribution in [0.5, 0.6) is 0 Å². The summed E-state index contributed by atoms with van der Waals surface area (Å²) in [5.41, 5.74) is 4.53. The number of nitro groups is 1. The van der Waals surface area contributed by atoms with Gasteiger partial charge >= 0.3 is 0 Å². The Labute approximate surface area is 200 Å². The number of pyridine rings is 1. The molecule has 2 aromatic carbocycles. The number of aromatic nitrogens is 4. The number of hydrogen-bond acceptors (Lipinski definition) is 6. The van der Waals surface area contributed by atoms with E-state index >= 15 is 0 Å². The Morgan fingerprint density at radius 1 is 1.15 bits per heavy atom. The number of non-ortho nitro benzene ring substituents is 1. The van der Waals surface area contributed by atoms with Crippen molar-refractivity contribution in [3.8, 4) is 11.3 Å². The van der Waals surface area contributed by atoms with Crippen molar-refractivity contribution < 1.29 is 4.92 Å². The predicted octanol–water partition coefficient (Wildman–Crippen LogP) is 6.24. The first-order valence-corrected chi connectivity index (χ1v) is 11.2. The number of benzene rings is 2. The van der Waals surface area contributed by atoms with E-state index in [2.05, 4.69) is 34.2 Å². The molecule has 34 heavy (non-hydrogen) atoms. The van der Waals surface area contributed by atoms with E-state index in [1.165, 1.54) is 6.07 Å². The molecule has 0 amide bonds. The topological polar surface area (TPSA) is 98.2 Å². The third-order valence-electron chi connectivity index (χ3n) is 5.78. The lowest BCUT2D eigenvalue weighted by Crippen LogP contribution is -2.07. The largest absolute Gasteiger partial charge is 0.366 e. The van der Waals surface area contributed by atoms with Crippen molar-refractivity contribution >= 4 is 39.5 Å². The summed E-state index contributed by atoms with van der Waals surface area (Å²) < 4.78 is 1.76. The fraction of sp³-hybridized carbons (Fsp3) is 0.160. The molecule has 9 heteroatoms. The molecule has 8 nitrogen and oxygen atoms in total. The molecule has 0 aliphatic rings. The highest BCUT2D eigenvalue weighted by atomic mass is 35.5. The first kappa shape index (κ1) is 21.8. The van der Waals surface area contributed by atoms with Gasteiger partial charge in [0, 0.05) is 47.5 Å². The fourth-order valence-electron chi connectivity index (χ4n) is 4.07. The van der Waals surface area contributed by atoms with Gasteiger partial charge in [0.05, 0.1) is 16.8 Å². The average Bonchev–Trinajstić information content (AvgIpc) is 3.26. The summed E-state index contributed by atoms with van der Waals surface area (Å²) in [6.45, 7) is 4.68. The van der Waals surface area contributed by atoms with E-state index < -0.39 is 4.92 Å². The third-order valence-corrected chi connectivity index (χ3v) is 5.97. The van der Waals surface area contributed by atoms with Gasteiger partial charge in [0.25, 0.3) is 5.69 Å². The zero-order valence-corrected chi connectivity index (χ0v) is 19.3. The van der Waals surface area contributed by atoms with Crippen LogP contribution in [-0.2, 0) is 6.54 Å². The minimum Gasteiger partial charge on any atom is -0.366 e. The van der Waals surface area contributed by atoms with Crippen LogP contribution in [0.15, 0.2) is 67.0 Å². The monoisotopic (exact) mass is 472 g/mol. The van der Waals surface area contributed by atoms with Crippen molar-refractivity contribution in [2.75, 3.05) is 5.32 Å². The highest BCUT2D eigenvalue weighted by Crippen LogP contribution is 2.32. The number of halogens is 1. The van der Waals surface area contributed by atoms with E-state index in [-0.39, 0.29) is 11.6 Å². The molecule has 0 bridgehead atoms. The molecule has 0 radical (unpaired) electrons. The van der Waals surface area contributed by atoms with E-state index in [1.807, 2.05) is 30.5 Å². The maximum atomic E-state index is 11.2. The Balaban J connectivity index is 1.53. The fourth-order valence-corrected chi connectivity index (χ4v) is 4.25. The SMILES string of the molecule is CC(C)c1cnn2c(NCc3ccccc3-c3nccc4cc([N+](=O)[O-])ccc34)cc(Cl)nc12. The Morgan fingerprint density at radius 3 is 2.76 bits per heavy atom. The first-order chi connectivity index (χ1) is 16.4. The molecule has 0 saturated carbocycles. The Hall–Kier alpha value is -4.04. The predicted molar refractivity (Wildman–Crippen MR) is 133 cm³/mol. The number of fused-ring (bicyclic) bond motifs is 2. The summed E-state index contributed by atoms with van der Waals surface area (Å²) >= 11 is 6.32. The summed E-state index contributed by atoms with van der Waals surface area (Å²) in [4.78, 5) is 19.9. The molecule has 3 aromatic heterocycles. The molecule has 0 fully saturated rings. The van der Waals surface area contributed by atoms with Crippen LogP contribution in [0.25, 0.3) is 27.7 Å². The molecule has 3 heterocycles. The maximum Gasteiger partial charge on any atom is 0.270 e. The van der Waals surface area contributed by atoms with Crippen LogP contribution in [-0.4, -0.2) is 24.5 Å². The number of nitro benzene ring substituents is 1. The highest BCUT2D eigenvalue weighted by Gasteiger charge is 2.15. The van der Waals surface area contributed by atoms with Gasteiger partial charge in [-0.1, -0.05) is 49.7 Å². The van der Waals surface area contributed by atoms with Gasteiger partial charge in [0.1, 0.15) is 11.0 Å². The van der Waals surface area contributed by atoms with Crippen molar-refractivity contribution in [1.29, 1.82) is 0 Å². The second-order valence-electron chi connectivity index (χ2n) is 8.29. The lowest BCUT2D eigenvalue weighted by Gasteiger charge is -2.14. The van der Waals surface area contributed by atoms with Crippen molar-refractivity contribution in [3.05, 3.63) is 93.4 Å². The second-order valence-corrected chi connectivity index (χ2v) is 8.67. The molecule has 0 saturated heterocycles. The van der Waals surface area contributed by atoms with Crippen molar-refractivity contribution in [1.82, 2.24) is 19.6 Å². The number of rotatable bonds is 6. The van der Waals surface area contributed by atoms with E-state index in [4.69, 9.17) is 11.6 Å². The van der Waals surface area contributed by atoms with Gasteiger partial charge in [-0.2, -0.15) is 9.61 Å². The van der Waals surface area contributed by atoms with Gasteiger partial charge in [-0.3, -0.25) is 15.1 Å². The van der Waals surface area contributed by atoms with E-state index in [1.54, 1.807) is 35.0 Å². The van der Waals surface area contributed by atoms with Crippen molar-refractivity contribution in [3.63, 3.8) is 0 Å². The van der Waals surface area contributed by atoms with Gasteiger partial charge in [-0.15, -0.1) is 0 Å². The molecular weight excluding hydrogens is 452 g/mol. The number of nitrogens with zero attached hydrogens (tertiary/aromatic N) is 5.